The SMILES string of the molecule is O=C(C=Cc1c(Cl)nc2sccn12)OCc1ccccn1. The normalized spacial score (nSPS) is 11.3. The summed E-state index contributed by atoms with van der Waals surface area (Å²) in [6.07, 6.45) is 6.42. The number of nitrogens with zero attached hydrogens (tertiary/aromatic N) is 3. The molecule has 0 unspecified atom stereocenters. The average Bonchev–Trinajstić information content (AvgIpc) is 3.05. The topological polar surface area (TPSA) is 56.5 Å². The van der Waals surface area contributed by atoms with E-state index < -0.39 is 5.97 Å². The Morgan fingerprint density at radius 3 is 3.19 bits per heavy atom. The molecule has 0 radical (unpaired) electrons. The second-order valence-electron chi connectivity index (χ2n) is 4.11. The number of ether oxygens (including phenoxy) is 1. The Morgan fingerprint density at radius 2 is 2.38 bits per heavy atom. The molecule has 0 spiro atoms. The van der Waals surface area contributed by atoms with Crippen LogP contribution in [0, 0.1) is 0 Å². The van der Waals surface area contributed by atoms with Crippen molar-refractivity contribution >= 4 is 39.9 Å². The van der Waals surface area contributed by atoms with E-state index in [1.165, 1.54) is 17.4 Å². The van der Waals surface area contributed by atoms with Gasteiger partial charge in [-0.2, -0.15) is 0 Å². The van der Waals surface area contributed by atoms with Gasteiger partial charge in [0.05, 0.1) is 11.4 Å². The van der Waals surface area contributed by atoms with Crippen LogP contribution in [-0.2, 0) is 16.1 Å². The van der Waals surface area contributed by atoms with Crippen LogP contribution in [0.1, 0.15) is 11.4 Å². The van der Waals surface area contributed by atoms with Crippen molar-refractivity contribution < 1.29 is 9.53 Å². The highest BCUT2D eigenvalue weighted by Crippen LogP contribution is 2.22. The third-order valence-corrected chi connectivity index (χ3v) is 3.75. The van der Waals surface area contributed by atoms with Crippen molar-refractivity contribution in [2.24, 2.45) is 0 Å². The highest BCUT2D eigenvalue weighted by atomic mass is 35.5. The van der Waals surface area contributed by atoms with Crippen LogP contribution in [0.25, 0.3) is 11.0 Å². The number of carbonyl (C=O) groups is 1. The summed E-state index contributed by atoms with van der Waals surface area (Å²) >= 11 is 7.50. The maximum absolute atomic E-state index is 11.7. The molecule has 0 aliphatic carbocycles. The number of rotatable bonds is 4. The Kier molecular flexibility index (Phi) is 3.98. The fourth-order valence-corrected chi connectivity index (χ4v) is 2.75. The van der Waals surface area contributed by atoms with E-state index in [1.54, 1.807) is 24.4 Å². The van der Waals surface area contributed by atoms with E-state index in [2.05, 4.69) is 9.97 Å². The fourth-order valence-electron chi connectivity index (χ4n) is 1.75. The number of pyridine rings is 1. The van der Waals surface area contributed by atoms with E-state index in [4.69, 9.17) is 16.3 Å². The molecule has 0 aromatic carbocycles. The third kappa shape index (κ3) is 3.12. The molecule has 0 saturated carbocycles. The number of fused-ring (bicyclic) bond motifs is 1. The summed E-state index contributed by atoms with van der Waals surface area (Å²) in [6, 6.07) is 5.43. The molecule has 0 fully saturated rings. The van der Waals surface area contributed by atoms with E-state index in [0.29, 0.717) is 16.5 Å². The summed E-state index contributed by atoms with van der Waals surface area (Å²) in [7, 11) is 0. The molecule has 0 N–H and O–H groups in total. The van der Waals surface area contributed by atoms with Gasteiger partial charge in [-0.15, -0.1) is 11.3 Å². The van der Waals surface area contributed by atoms with Gasteiger partial charge in [-0.05, 0) is 18.2 Å². The summed E-state index contributed by atoms with van der Waals surface area (Å²) in [5, 5.41) is 2.26. The zero-order valence-corrected chi connectivity index (χ0v) is 12.3. The van der Waals surface area contributed by atoms with E-state index in [-0.39, 0.29) is 6.61 Å². The van der Waals surface area contributed by atoms with Gasteiger partial charge in [-0.3, -0.25) is 9.38 Å². The van der Waals surface area contributed by atoms with Gasteiger partial charge in [0.2, 0.25) is 0 Å². The minimum Gasteiger partial charge on any atom is -0.456 e. The Hall–Kier alpha value is -2.18. The van der Waals surface area contributed by atoms with Gasteiger partial charge >= 0.3 is 5.97 Å². The van der Waals surface area contributed by atoms with E-state index >= 15 is 0 Å². The number of esters is 1. The number of imidazole rings is 1. The Morgan fingerprint density at radius 1 is 1.48 bits per heavy atom. The molecule has 0 saturated heterocycles. The molecular formula is C14H10ClN3O2S. The molecule has 0 bridgehead atoms. The molecule has 5 nitrogen and oxygen atoms in total. The predicted octanol–water partition coefficient (Wildman–Crippen LogP) is 3.20. The van der Waals surface area contributed by atoms with Crippen molar-refractivity contribution in [1.29, 1.82) is 0 Å². The number of carbonyl (C=O) groups excluding carboxylic acids is 1. The highest BCUT2D eigenvalue weighted by Gasteiger charge is 2.09. The van der Waals surface area contributed by atoms with Crippen molar-refractivity contribution in [2.45, 2.75) is 6.61 Å². The number of halogens is 1. The Balaban J connectivity index is 1.67. The van der Waals surface area contributed by atoms with Gasteiger partial charge in [-0.25, -0.2) is 9.78 Å². The lowest BCUT2D eigenvalue weighted by atomic mass is 10.4. The standard InChI is InChI=1S/C14H10ClN3O2S/c15-13-11(18-7-8-21-14(18)17-13)4-5-12(19)20-9-10-3-1-2-6-16-10/h1-8H,9H2. The maximum Gasteiger partial charge on any atom is 0.331 e. The Labute approximate surface area is 129 Å². The minimum absolute atomic E-state index is 0.137. The first kappa shape index (κ1) is 13.8. The molecule has 0 amide bonds. The first-order chi connectivity index (χ1) is 10.2. The molecule has 106 valence electrons. The number of aromatic nitrogens is 3. The number of thiazole rings is 1. The van der Waals surface area contributed by atoms with E-state index in [1.807, 2.05) is 22.0 Å². The summed E-state index contributed by atoms with van der Waals surface area (Å²) < 4.78 is 6.92. The fraction of sp³-hybridized carbons (Fsp3) is 0.0714. The van der Waals surface area contributed by atoms with Crippen molar-refractivity contribution in [3.8, 4) is 0 Å². The van der Waals surface area contributed by atoms with Gasteiger partial charge in [0, 0.05) is 23.8 Å². The van der Waals surface area contributed by atoms with Crippen LogP contribution in [0.4, 0.5) is 0 Å². The van der Waals surface area contributed by atoms with Crippen LogP contribution >= 0.6 is 22.9 Å². The van der Waals surface area contributed by atoms with Crippen molar-refractivity contribution in [2.75, 3.05) is 0 Å². The van der Waals surface area contributed by atoms with Crippen LogP contribution in [0.2, 0.25) is 5.15 Å². The molecule has 0 aliphatic heterocycles. The quantitative estimate of drug-likeness (QED) is 0.547. The molecular weight excluding hydrogens is 310 g/mol. The zero-order chi connectivity index (χ0) is 14.7. The summed E-state index contributed by atoms with van der Waals surface area (Å²) in [4.78, 5) is 20.7. The molecule has 7 heteroatoms. The van der Waals surface area contributed by atoms with Gasteiger partial charge in [0.15, 0.2) is 10.1 Å². The van der Waals surface area contributed by atoms with Gasteiger partial charge in [-0.1, -0.05) is 17.7 Å². The van der Waals surface area contributed by atoms with Crippen LogP contribution < -0.4 is 0 Å². The van der Waals surface area contributed by atoms with Gasteiger partial charge in [0.1, 0.15) is 6.61 Å². The monoisotopic (exact) mass is 319 g/mol. The average molecular weight is 320 g/mol. The van der Waals surface area contributed by atoms with Crippen LogP contribution in [-0.4, -0.2) is 20.3 Å². The molecule has 21 heavy (non-hydrogen) atoms. The number of hydrogen-bond acceptors (Lipinski definition) is 5. The van der Waals surface area contributed by atoms with E-state index in [0.717, 1.165) is 4.96 Å². The first-order valence-electron chi connectivity index (χ1n) is 6.10. The first-order valence-corrected chi connectivity index (χ1v) is 7.35. The van der Waals surface area contributed by atoms with Crippen molar-refractivity contribution in [3.05, 3.63) is 58.6 Å². The second-order valence-corrected chi connectivity index (χ2v) is 5.34. The smallest absolute Gasteiger partial charge is 0.331 e. The summed E-state index contributed by atoms with van der Waals surface area (Å²) in [5.41, 5.74) is 1.35. The lowest BCUT2D eigenvalue weighted by Gasteiger charge is -2.00. The zero-order valence-electron chi connectivity index (χ0n) is 10.8. The largest absolute Gasteiger partial charge is 0.456 e. The number of hydrogen-bond donors (Lipinski definition) is 0. The van der Waals surface area contributed by atoms with Crippen LogP contribution in [0.3, 0.4) is 0 Å². The van der Waals surface area contributed by atoms with Crippen LogP contribution in [0.5, 0.6) is 0 Å². The molecule has 3 aromatic rings. The molecule has 3 rings (SSSR count). The Bertz CT molecular complexity index is 795. The van der Waals surface area contributed by atoms with Gasteiger partial charge in [0.25, 0.3) is 0 Å². The lowest BCUT2D eigenvalue weighted by Crippen LogP contribution is -2.02. The van der Waals surface area contributed by atoms with Gasteiger partial charge < -0.3 is 4.74 Å². The highest BCUT2D eigenvalue weighted by molar-refractivity contribution is 7.15. The maximum atomic E-state index is 11.7. The molecule has 0 atom stereocenters. The predicted molar refractivity (Wildman–Crippen MR) is 81.1 cm³/mol. The van der Waals surface area contributed by atoms with Crippen LogP contribution in [0.15, 0.2) is 42.0 Å². The summed E-state index contributed by atoms with van der Waals surface area (Å²) in [5.74, 6) is -0.457. The molecule has 3 heterocycles. The molecule has 3 aromatic heterocycles. The second kappa shape index (κ2) is 6.07. The van der Waals surface area contributed by atoms with E-state index in [9.17, 15) is 4.79 Å². The lowest BCUT2D eigenvalue weighted by molar-refractivity contribution is -0.139. The molecule has 0 aliphatic rings. The van der Waals surface area contributed by atoms with Crippen molar-refractivity contribution in [3.63, 3.8) is 0 Å². The minimum atomic E-state index is -0.457. The van der Waals surface area contributed by atoms with Crippen molar-refractivity contribution in [1.82, 2.24) is 14.4 Å². The third-order valence-electron chi connectivity index (χ3n) is 2.72. The summed E-state index contributed by atoms with van der Waals surface area (Å²) in [6.45, 7) is 0.137.